The van der Waals surface area contributed by atoms with E-state index in [1.807, 2.05) is 43.5 Å². The van der Waals surface area contributed by atoms with Crippen LogP contribution in [0.4, 0.5) is 0 Å². The van der Waals surface area contributed by atoms with Crippen LogP contribution in [0.25, 0.3) is 33.0 Å². The molecule has 0 bridgehead atoms. The predicted molar refractivity (Wildman–Crippen MR) is 140 cm³/mol. The van der Waals surface area contributed by atoms with Crippen molar-refractivity contribution in [3.8, 4) is 28.2 Å². The predicted octanol–water partition coefficient (Wildman–Crippen LogP) is 6.44. The van der Waals surface area contributed by atoms with Gasteiger partial charge in [-0.1, -0.05) is 68.5 Å². The van der Waals surface area contributed by atoms with Crippen LogP contribution in [0, 0.1) is 18.4 Å². The second kappa shape index (κ2) is 8.42. The minimum absolute atomic E-state index is 0.0431. The lowest BCUT2D eigenvalue weighted by Gasteiger charge is -2.44. The molecule has 2 aromatic heterocycles. The van der Waals surface area contributed by atoms with Crippen LogP contribution in [-0.2, 0) is 16.6 Å². The molecular weight excluding hydrogens is 444 g/mol. The second-order valence-corrected chi connectivity index (χ2v) is 9.95. The number of pyridine rings is 1. The third kappa shape index (κ3) is 3.33. The van der Waals surface area contributed by atoms with Gasteiger partial charge in [0, 0.05) is 28.8 Å². The van der Waals surface area contributed by atoms with E-state index >= 15 is 0 Å². The molecule has 5 heteroatoms. The third-order valence-corrected chi connectivity index (χ3v) is 7.90. The smallest absolute Gasteiger partial charge is 0.226 e. The summed E-state index contributed by atoms with van der Waals surface area (Å²) >= 11 is 0. The number of hydrogen-bond donors (Lipinski definition) is 0. The lowest BCUT2D eigenvalue weighted by Crippen LogP contribution is -2.45. The Morgan fingerprint density at radius 3 is 2.56 bits per heavy atom. The first-order valence-corrected chi connectivity index (χ1v) is 12.3. The fourth-order valence-corrected chi connectivity index (χ4v) is 6.11. The lowest BCUT2D eigenvalue weighted by molar-refractivity contribution is -0.121. The van der Waals surface area contributed by atoms with Gasteiger partial charge in [-0.3, -0.25) is 9.55 Å². The number of carbonyl (C=O) groups excluding carboxylic acids is 1. The molecule has 0 N–H and O–H groups in total. The Labute approximate surface area is 211 Å². The standard InChI is InChI=1S/C31H26N4O/c1-20-25-14-15-27-29(31(25,2)18-26(32-3)28(20)36)34-30(35(27)24-13-8-16-33-19-24)23-12-7-11-22(17-23)21-9-5-4-6-10-21/h4-13,16-20,25H,14-15H2,1-2H3/t20-,25-,31-/m1/s1. The first kappa shape index (κ1) is 22.2. The van der Waals surface area contributed by atoms with E-state index in [9.17, 15) is 4.79 Å². The molecule has 0 saturated heterocycles. The highest BCUT2D eigenvalue weighted by atomic mass is 16.1. The summed E-state index contributed by atoms with van der Waals surface area (Å²) in [6, 6.07) is 22.8. The van der Waals surface area contributed by atoms with Crippen LogP contribution in [0.3, 0.4) is 0 Å². The zero-order valence-electron chi connectivity index (χ0n) is 20.3. The monoisotopic (exact) mass is 470 g/mol. The van der Waals surface area contributed by atoms with E-state index in [1.54, 1.807) is 6.20 Å². The molecule has 36 heavy (non-hydrogen) atoms. The summed E-state index contributed by atoms with van der Waals surface area (Å²) in [5.41, 5.74) is 6.10. The molecular formula is C31H26N4O. The van der Waals surface area contributed by atoms with Crippen molar-refractivity contribution in [2.24, 2.45) is 11.8 Å². The van der Waals surface area contributed by atoms with Crippen LogP contribution in [0.1, 0.15) is 31.7 Å². The van der Waals surface area contributed by atoms with Crippen molar-refractivity contribution in [3.05, 3.63) is 114 Å². The highest BCUT2D eigenvalue weighted by Gasteiger charge is 2.50. The number of rotatable bonds is 3. The molecule has 0 unspecified atom stereocenters. The lowest BCUT2D eigenvalue weighted by atomic mass is 9.59. The van der Waals surface area contributed by atoms with Crippen LogP contribution >= 0.6 is 0 Å². The van der Waals surface area contributed by atoms with Crippen molar-refractivity contribution in [2.75, 3.05) is 0 Å². The van der Waals surface area contributed by atoms with Gasteiger partial charge in [-0.2, -0.15) is 0 Å². The van der Waals surface area contributed by atoms with Crippen molar-refractivity contribution < 1.29 is 4.79 Å². The van der Waals surface area contributed by atoms with Crippen molar-refractivity contribution in [1.29, 1.82) is 0 Å². The Balaban J connectivity index is 1.60. The molecule has 0 spiro atoms. The normalized spacial score (nSPS) is 22.8. The number of Topliss-reactive ketones (excluding diaryl/α,β-unsaturated/α-hetero) is 1. The number of hydrogen-bond acceptors (Lipinski definition) is 3. The van der Waals surface area contributed by atoms with Crippen LogP contribution in [0.2, 0.25) is 0 Å². The maximum Gasteiger partial charge on any atom is 0.226 e. The van der Waals surface area contributed by atoms with E-state index in [2.05, 4.69) is 63.8 Å². The fourth-order valence-electron chi connectivity index (χ4n) is 6.11. The largest absolute Gasteiger partial charge is 0.308 e. The van der Waals surface area contributed by atoms with Gasteiger partial charge in [0.05, 0.1) is 24.2 Å². The van der Waals surface area contributed by atoms with Gasteiger partial charge in [0.2, 0.25) is 5.70 Å². The van der Waals surface area contributed by atoms with Crippen LogP contribution in [0.5, 0.6) is 0 Å². The SMILES string of the molecule is [C-]#[N+]C1=C[C@@]2(C)c3nc(-c4cccc(-c5ccccc5)c4)n(-c4cccnc4)c3CC[C@@H]2[C@@H](C)C1=O. The van der Waals surface area contributed by atoms with Gasteiger partial charge >= 0.3 is 0 Å². The second-order valence-electron chi connectivity index (χ2n) is 9.95. The fraction of sp³-hybridized carbons (Fsp3) is 0.226. The van der Waals surface area contributed by atoms with Crippen molar-refractivity contribution >= 4 is 5.78 Å². The number of aromatic nitrogens is 3. The van der Waals surface area contributed by atoms with Gasteiger partial charge in [0.15, 0.2) is 5.78 Å². The molecule has 6 rings (SSSR count). The zero-order chi connectivity index (χ0) is 24.9. The molecule has 4 aromatic rings. The average molecular weight is 471 g/mol. The minimum atomic E-state index is -0.486. The summed E-state index contributed by atoms with van der Waals surface area (Å²) in [6.07, 6.45) is 7.21. The highest BCUT2D eigenvalue weighted by Crippen LogP contribution is 2.51. The van der Waals surface area contributed by atoms with Gasteiger partial charge in [-0.15, -0.1) is 0 Å². The van der Waals surface area contributed by atoms with Crippen LogP contribution in [0.15, 0.2) is 90.9 Å². The number of benzene rings is 2. The van der Waals surface area contributed by atoms with Gasteiger partial charge in [0.25, 0.3) is 0 Å². The number of fused-ring (bicyclic) bond motifs is 3. The van der Waals surface area contributed by atoms with Crippen LogP contribution in [-0.4, -0.2) is 20.3 Å². The summed E-state index contributed by atoms with van der Waals surface area (Å²) in [5, 5.41) is 0. The summed E-state index contributed by atoms with van der Waals surface area (Å²) in [6.45, 7) is 11.7. The molecule has 0 fully saturated rings. The van der Waals surface area contributed by atoms with Crippen molar-refractivity contribution in [1.82, 2.24) is 14.5 Å². The summed E-state index contributed by atoms with van der Waals surface area (Å²) in [7, 11) is 0. The van der Waals surface area contributed by atoms with Gasteiger partial charge in [0.1, 0.15) is 5.82 Å². The Bertz CT molecular complexity index is 1540. The van der Waals surface area contributed by atoms with E-state index in [0.717, 1.165) is 52.4 Å². The number of carbonyl (C=O) groups is 1. The molecule has 176 valence electrons. The molecule has 2 aliphatic carbocycles. The van der Waals surface area contributed by atoms with Gasteiger partial charge in [-0.05, 0) is 48.1 Å². The van der Waals surface area contributed by atoms with E-state index < -0.39 is 5.41 Å². The molecule has 3 atom stereocenters. The van der Waals surface area contributed by atoms with E-state index in [4.69, 9.17) is 11.6 Å². The molecule has 5 nitrogen and oxygen atoms in total. The highest BCUT2D eigenvalue weighted by molar-refractivity contribution is 6.00. The molecule has 0 saturated carbocycles. The third-order valence-electron chi connectivity index (χ3n) is 7.90. The average Bonchev–Trinajstić information content (AvgIpc) is 3.33. The molecule has 0 amide bonds. The van der Waals surface area contributed by atoms with Crippen LogP contribution < -0.4 is 0 Å². The summed E-state index contributed by atoms with van der Waals surface area (Å²) in [4.78, 5) is 26.1. The number of nitrogens with zero attached hydrogens (tertiary/aromatic N) is 4. The maximum atomic E-state index is 12.8. The zero-order valence-corrected chi connectivity index (χ0v) is 20.3. The topological polar surface area (TPSA) is 52.1 Å². The Morgan fingerprint density at radius 2 is 1.81 bits per heavy atom. The minimum Gasteiger partial charge on any atom is -0.308 e. The molecule has 0 radical (unpaired) electrons. The molecule has 2 heterocycles. The van der Waals surface area contributed by atoms with E-state index in [-0.39, 0.29) is 23.3 Å². The van der Waals surface area contributed by atoms with Crippen molar-refractivity contribution in [3.63, 3.8) is 0 Å². The Morgan fingerprint density at radius 1 is 1.03 bits per heavy atom. The summed E-state index contributed by atoms with van der Waals surface area (Å²) < 4.78 is 2.22. The quantitative estimate of drug-likeness (QED) is 0.324. The first-order valence-electron chi connectivity index (χ1n) is 12.3. The summed E-state index contributed by atoms with van der Waals surface area (Å²) in [5.74, 6) is 0.725. The van der Waals surface area contributed by atoms with Gasteiger partial charge in [-0.25, -0.2) is 9.83 Å². The molecule has 2 aromatic carbocycles. The first-order chi connectivity index (χ1) is 17.5. The van der Waals surface area contributed by atoms with E-state index in [1.165, 1.54) is 0 Å². The van der Waals surface area contributed by atoms with Gasteiger partial charge < -0.3 is 4.79 Å². The maximum absolute atomic E-state index is 12.8. The van der Waals surface area contributed by atoms with Crippen molar-refractivity contribution in [2.45, 2.75) is 32.1 Å². The van der Waals surface area contributed by atoms with E-state index in [0.29, 0.717) is 0 Å². The number of ketones is 1. The number of allylic oxidation sites excluding steroid dienone is 2. The molecule has 2 aliphatic rings. The Kier molecular flexibility index (Phi) is 5.19. The number of imidazole rings is 1. The molecule has 0 aliphatic heterocycles. The Hall–Kier alpha value is -4.30.